The SMILES string of the molecule is CC(C)CC(CN)CC(=O)N1CCCOCC1. The number of ether oxygens (including phenoxy) is 1. The largest absolute Gasteiger partial charge is 0.380 e. The van der Waals surface area contributed by atoms with Gasteiger partial charge in [-0.15, -0.1) is 0 Å². The number of amides is 1. The molecule has 1 aliphatic rings. The lowest BCUT2D eigenvalue weighted by Gasteiger charge is -2.23. The molecule has 4 heteroatoms. The summed E-state index contributed by atoms with van der Waals surface area (Å²) in [7, 11) is 0. The van der Waals surface area contributed by atoms with Crippen LogP contribution in [0.2, 0.25) is 0 Å². The van der Waals surface area contributed by atoms with Crippen molar-refractivity contribution >= 4 is 5.91 Å². The van der Waals surface area contributed by atoms with E-state index in [2.05, 4.69) is 13.8 Å². The molecule has 1 amide bonds. The number of hydrogen-bond donors (Lipinski definition) is 1. The van der Waals surface area contributed by atoms with Gasteiger partial charge >= 0.3 is 0 Å². The van der Waals surface area contributed by atoms with Gasteiger partial charge in [0, 0.05) is 26.1 Å². The second kappa shape index (κ2) is 7.67. The molecule has 0 saturated carbocycles. The molecule has 1 unspecified atom stereocenters. The second-order valence-electron chi connectivity index (χ2n) is 5.28. The van der Waals surface area contributed by atoms with Crippen molar-refractivity contribution in [1.29, 1.82) is 0 Å². The minimum absolute atomic E-state index is 0.242. The highest BCUT2D eigenvalue weighted by Gasteiger charge is 2.20. The normalized spacial score (nSPS) is 19.2. The van der Waals surface area contributed by atoms with Gasteiger partial charge in [0.1, 0.15) is 0 Å². The zero-order valence-electron chi connectivity index (χ0n) is 11.2. The average molecular weight is 242 g/mol. The zero-order chi connectivity index (χ0) is 12.7. The summed E-state index contributed by atoms with van der Waals surface area (Å²) >= 11 is 0. The summed E-state index contributed by atoms with van der Waals surface area (Å²) in [6.45, 7) is 7.96. The summed E-state index contributed by atoms with van der Waals surface area (Å²) < 4.78 is 5.35. The number of nitrogens with zero attached hydrogens (tertiary/aromatic N) is 1. The third kappa shape index (κ3) is 5.50. The fourth-order valence-corrected chi connectivity index (χ4v) is 2.30. The summed E-state index contributed by atoms with van der Waals surface area (Å²) in [5.74, 6) is 1.17. The maximum absolute atomic E-state index is 12.1. The quantitative estimate of drug-likeness (QED) is 0.789. The molecule has 17 heavy (non-hydrogen) atoms. The van der Waals surface area contributed by atoms with Crippen LogP contribution in [-0.2, 0) is 9.53 Å². The maximum Gasteiger partial charge on any atom is 0.222 e. The summed E-state index contributed by atoms with van der Waals surface area (Å²) in [6, 6.07) is 0. The fraction of sp³-hybridized carbons (Fsp3) is 0.923. The van der Waals surface area contributed by atoms with Crippen LogP contribution < -0.4 is 5.73 Å². The van der Waals surface area contributed by atoms with Crippen molar-refractivity contribution < 1.29 is 9.53 Å². The molecule has 1 aliphatic heterocycles. The lowest BCUT2D eigenvalue weighted by atomic mass is 9.94. The highest BCUT2D eigenvalue weighted by atomic mass is 16.5. The van der Waals surface area contributed by atoms with Gasteiger partial charge in [0.05, 0.1) is 6.61 Å². The van der Waals surface area contributed by atoms with Crippen molar-refractivity contribution in [3.8, 4) is 0 Å². The van der Waals surface area contributed by atoms with E-state index in [4.69, 9.17) is 10.5 Å². The molecule has 0 radical (unpaired) electrons. The van der Waals surface area contributed by atoms with Crippen molar-refractivity contribution in [2.45, 2.75) is 33.1 Å². The Hall–Kier alpha value is -0.610. The minimum Gasteiger partial charge on any atom is -0.380 e. The molecular weight excluding hydrogens is 216 g/mol. The Bertz CT molecular complexity index is 223. The maximum atomic E-state index is 12.1. The summed E-state index contributed by atoms with van der Waals surface area (Å²) in [6.07, 6.45) is 2.57. The molecule has 1 atom stereocenters. The van der Waals surface area contributed by atoms with E-state index in [1.807, 2.05) is 4.90 Å². The van der Waals surface area contributed by atoms with E-state index in [-0.39, 0.29) is 5.91 Å². The Morgan fingerprint density at radius 1 is 1.35 bits per heavy atom. The first-order valence-electron chi connectivity index (χ1n) is 6.69. The lowest BCUT2D eigenvalue weighted by Crippen LogP contribution is -2.35. The van der Waals surface area contributed by atoms with E-state index < -0.39 is 0 Å². The van der Waals surface area contributed by atoms with Crippen LogP contribution in [0.4, 0.5) is 0 Å². The number of carbonyl (C=O) groups is 1. The molecule has 0 bridgehead atoms. The first-order chi connectivity index (χ1) is 8.13. The minimum atomic E-state index is 0.242. The topological polar surface area (TPSA) is 55.6 Å². The highest BCUT2D eigenvalue weighted by molar-refractivity contribution is 5.76. The van der Waals surface area contributed by atoms with Gasteiger partial charge in [0.25, 0.3) is 0 Å². The van der Waals surface area contributed by atoms with Crippen molar-refractivity contribution in [2.75, 3.05) is 32.8 Å². The highest BCUT2D eigenvalue weighted by Crippen LogP contribution is 2.16. The van der Waals surface area contributed by atoms with Crippen LogP contribution in [0.15, 0.2) is 0 Å². The first-order valence-corrected chi connectivity index (χ1v) is 6.69. The number of carbonyl (C=O) groups excluding carboxylic acids is 1. The van der Waals surface area contributed by atoms with E-state index in [0.717, 1.165) is 32.5 Å². The molecular formula is C13H26N2O2. The Morgan fingerprint density at radius 3 is 2.76 bits per heavy atom. The Labute approximate surface area is 104 Å². The van der Waals surface area contributed by atoms with Crippen LogP contribution in [0.3, 0.4) is 0 Å². The third-order valence-electron chi connectivity index (χ3n) is 3.18. The molecule has 1 rings (SSSR count). The molecule has 0 spiro atoms. The van der Waals surface area contributed by atoms with Crippen molar-refractivity contribution in [1.82, 2.24) is 4.90 Å². The first kappa shape index (κ1) is 14.5. The van der Waals surface area contributed by atoms with Crippen LogP contribution >= 0.6 is 0 Å². The number of rotatable bonds is 5. The van der Waals surface area contributed by atoms with Gasteiger partial charge in [-0.1, -0.05) is 13.8 Å². The molecule has 0 aromatic carbocycles. The standard InChI is InChI=1S/C13H26N2O2/c1-11(2)8-12(10-14)9-13(16)15-4-3-6-17-7-5-15/h11-12H,3-10,14H2,1-2H3. The van der Waals surface area contributed by atoms with Crippen molar-refractivity contribution in [3.63, 3.8) is 0 Å². The van der Waals surface area contributed by atoms with Crippen LogP contribution in [-0.4, -0.2) is 43.7 Å². The third-order valence-corrected chi connectivity index (χ3v) is 3.18. The Morgan fingerprint density at radius 2 is 2.12 bits per heavy atom. The predicted octanol–water partition coefficient (Wildman–Crippen LogP) is 1.25. The molecule has 0 aromatic rings. The number of nitrogens with two attached hydrogens (primary N) is 1. The van der Waals surface area contributed by atoms with Gasteiger partial charge in [-0.3, -0.25) is 4.79 Å². The van der Waals surface area contributed by atoms with E-state index in [1.165, 1.54) is 0 Å². The molecule has 1 saturated heterocycles. The van der Waals surface area contributed by atoms with Gasteiger partial charge < -0.3 is 15.4 Å². The number of hydrogen-bond acceptors (Lipinski definition) is 3. The zero-order valence-corrected chi connectivity index (χ0v) is 11.2. The summed E-state index contributed by atoms with van der Waals surface area (Å²) in [5.41, 5.74) is 5.73. The van der Waals surface area contributed by atoms with Crippen LogP contribution in [0.25, 0.3) is 0 Å². The van der Waals surface area contributed by atoms with Crippen LogP contribution in [0, 0.1) is 11.8 Å². The Balaban J connectivity index is 2.39. The predicted molar refractivity (Wildman–Crippen MR) is 68.6 cm³/mol. The molecule has 2 N–H and O–H groups in total. The van der Waals surface area contributed by atoms with E-state index in [9.17, 15) is 4.79 Å². The van der Waals surface area contributed by atoms with Crippen LogP contribution in [0.1, 0.15) is 33.1 Å². The monoisotopic (exact) mass is 242 g/mol. The molecule has 1 fully saturated rings. The molecule has 4 nitrogen and oxygen atoms in total. The van der Waals surface area contributed by atoms with Gasteiger partial charge in [0.15, 0.2) is 0 Å². The summed E-state index contributed by atoms with van der Waals surface area (Å²) in [5, 5.41) is 0. The van der Waals surface area contributed by atoms with Crippen molar-refractivity contribution in [2.24, 2.45) is 17.6 Å². The van der Waals surface area contributed by atoms with Gasteiger partial charge in [0.2, 0.25) is 5.91 Å². The van der Waals surface area contributed by atoms with Crippen molar-refractivity contribution in [3.05, 3.63) is 0 Å². The average Bonchev–Trinajstić information content (AvgIpc) is 2.55. The fourth-order valence-electron chi connectivity index (χ4n) is 2.30. The molecule has 0 aliphatic carbocycles. The molecule has 0 aromatic heterocycles. The second-order valence-corrected chi connectivity index (χ2v) is 5.28. The Kier molecular flexibility index (Phi) is 6.52. The smallest absolute Gasteiger partial charge is 0.222 e. The lowest BCUT2D eigenvalue weighted by molar-refractivity contribution is -0.132. The van der Waals surface area contributed by atoms with E-state index in [0.29, 0.717) is 31.4 Å². The van der Waals surface area contributed by atoms with Gasteiger partial charge in [-0.05, 0) is 31.2 Å². The van der Waals surface area contributed by atoms with Crippen LogP contribution in [0.5, 0.6) is 0 Å². The summed E-state index contributed by atoms with van der Waals surface area (Å²) in [4.78, 5) is 14.0. The molecule has 1 heterocycles. The van der Waals surface area contributed by atoms with E-state index in [1.54, 1.807) is 0 Å². The van der Waals surface area contributed by atoms with Gasteiger partial charge in [-0.2, -0.15) is 0 Å². The van der Waals surface area contributed by atoms with Gasteiger partial charge in [-0.25, -0.2) is 0 Å². The molecule has 100 valence electrons. The van der Waals surface area contributed by atoms with E-state index >= 15 is 0 Å².